The first-order valence-corrected chi connectivity index (χ1v) is 6.45. The van der Waals surface area contributed by atoms with E-state index in [1.165, 1.54) is 12.1 Å². The van der Waals surface area contributed by atoms with Crippen LogP contribution in [0, 0.1) is 5.82 Å². The summed E-state index contributed by atoms with van der Waals surface area (Å²) in [6.45, 7) is 0.788. The predicted molar refractivity (Wildman–Crippen MR) is 72.3 cm³/mol. The molecule has 1 unspecified atom stereocenters. The molecule has 0 saturated heterocycles. The Labute approximate surface area is 120 Å². The molecule has 0 saturated carbocycles. The van der Waals surface area contributed by atoms with Crippen LogP contribution >= 0.6 is 11.6 Å². The maximum atomic E-state index is 13.7. The summed E-state index contributed by atoms with van der Waals surface area (Å²) in [6.07, 6.45) is -0.586. The fourth-order valence-electron chi connectivity index (χ4n) is 1.83. The summed E-state index contributed by atoms with van der Waals surface area (Å²) >= 11 is 5.95. The van der Waals surface area contributed by atoms with Gasteiger partial charge in [-0.3, -0.25) is 4.79 Å². The van der Waals surface area contributed by atoms with E-state index in [0.717, 1.165) is 0 Å². The molecule has 0 radical (unpaired) electrons. The molecule has 108 valence electrons. The van der Waals surface area contributed by atoms with E-state index in [9.17, 15) is 9.18 Å². The van der Waals surface area contributed by atoms with Crippen molar-refractivity contribution in [3.8, 4) is 0 Å². The number of hydrogen-bond donors (Lipinski definition) is 1. The molecule has 0 fully saturated rings. The highest BCUT2D eigenvalue weighted by atomic mass is 35.5. The molecule has 1 N–H and O–H groups in total. The van der Waals surface area contributed by atoms with Crippen LogP contribution in [0.3, 0.4) is 0 Å². The van der Waals surface area contributed by atoms with Crippen LogP contribution in [0.2, 0.25) is 5.02 Å². The van der Waals surface area contributed by atoms with Crippen molar-refractivity contribution in [1.82, 2.24) is 5.32 Å². The summed E-state index contributed by atoms with van der Waals surface area (Å²) in [5.74, 6) is -0.798. The number of ether oxygens (including phenoxy) is 1. The maximum Gasteiger partial charge on any atom is 0.264 e. The standard InChI is InChI=1S/C13H14ClFN2O3/c1-19-6-5-16-13(18)11-7-10(17-20-11)12-8(14)3-2-4-9(12)15/h2-4,11H,5-7H2,1H3,(H,16,18). The van der Waals surface area contributed by atoms with Crippen molar-refractivity contribution in [3.63, 3.8) is 0 Å². The van der Waals surface area contributed by atoms with Gasteiger partial charge in [-0.05, 0) is 12.1 Å². The number of carbonyl (C=O) groups excluding carboxylic acids is 1. The van der Waals surface area contributed by atoms with Gasteiger partial charge in [-0.15, -0.1) is 0 Å². The van der Waals surface area contributed by atoms with Crippen molar-refractivity contribution in [2.24, 2.45) is 5.16 Å². The molecule has 1 aromatic carbocycles. The van der Waals surface area contributed by atoms with Crippen molar-refractivity contribution in [2.75, 3.05) is 20.3 Å². The molecule has 0 spiro atoms. The van der Waals surface area contributed by atoms with E-state index in [4.69, 9.17) is 21.2 Å². The van der Waals surface area contributed by atoms with E-state index in [2.05, 4.69) is 10.5 Å². The number of amides is 1. The summed E-state index contributed by atoms with van der Waals surface area (Å²) < 4.78 is 18.6. The summed E-state index contributed by atoms with van der Waals surface area (Å²) in [6, 6.07) is 4.36. The molecule has 0 aromatic heterocycles. The maximum absolute atomic E-state index is 13.7. The van der Waals surface area contributed by atoms with Crippen molar-refractivity contribution < 1.29 is 18.8 Å². The number of nitrogens with one attached hydrogen (secondary N) is 1. The Hall–Kier alpha value is -1.66. The van der Waals surface area contributed by atoms with Gasteiger partial charge in [0.1, 0.15) is 5.82 Å². The third kappa shape index (κ3) is 3.26. The normalized spacial score (nSPS) is 17.6. The SMILES string of the molecule is COCCNC(=O)C1CC(c2c(F)cccc2Cl)=NO1. The zero-order valence-electron chi connectivity index (χ0n) is 10.9. The first kappa shape index (κ1) is 14.7. The lowest BCUT2D eigenvalue weighted by atomic mass is 10.0. The predicted octanol–water partition coefficient (Wildman–Crippen LogP) is 1.73. The monoisotopic (exact) mass is 300 g/mol. The Bertz CT molecular complexity index is 516. The summed E-state index contributed by atoms with van der Waals surface area (Å²) in [5, 5.41) is 6.64. The Kier molecular flexibility index (Phi) is 4.92. The molecule has 20 heavy (non-hydrogen) atoms. The van der Waals surface area contributed by atoms with E-state index >= 15 is 0 Å². The van der Waals surface area contributed by atoms with Crippen molar-refractivity contribution >= 4 is 23.2 Å². The van der Waals surface area contributed by atoms with Gasteiger partial charge < -0.3 is 14.9 Å². The fourth-order valence-corrected chi connectivity index (χ4v) is 2.10. The average Bonchev–Trinajstić information content (AvgIpc) is 2.88. The lowest BCUT2D eigenvalue weighted by Gasteiger charge is -2.09. The third-order valence-electron chi connectivity index (χ3n) is 2.82. The summed E-state index contributed by atoms with van der Waals surface area (Å²) in [5.41, 5.74) is 0.515. The van der Waals surface area contributed by atoms with Gasteiger partial charge in [0.15, 0.2) is 0 Å². The molecule has 1 heterocycles. The molecule has 1 atom stereocenters. The van der Waals surface area contributed by atoms with Crippen LogP contribution in [0.4, 0.5) is 4.39 Å². The number of benzene rings is 1. The van der Waals surface area contributed by atoms with Crippen LogP contribution in [0.5, 0.6) is 0 Å². The Morgan fingerprint density at radius 2 is 2.45 bits per heavy atom. The molecular formula is C13H14ClFN2O3. The molecule has 7 heteroatoms. The van der Waals surface area contributed by atoms with Crippen molar-refractivity contribution in [3.05, 3.63) is 34.6 Å². The molecule has 0 aliphatic carbocycles. The molecule has 2 rings (SSSR count). The van der Waals surface area contributed by atoms with Crippen LogP contribution in [0.25, 0.3) is 0 Å². The minimum Gasteiger partial charge on any atom is -0.383 e. The highest BCUT2D eigenvalue weighted by Crippen LogP contribution is 2.25. The number of hydrogen-bond acceptors (Lipinski definition) is 4. The molecule has 1 amide bonds. The lowest BCUT2D eigenvalue weighted by molar-refractivity contribution is -0.131. The van der Waals surface area contributed by atoms with E-state index < -0.39 is 11.9 Å². The van der Waals surface area contributed by atoms with E-state index in [1.807, 2.05) is 0 Å². The second-order valence-electron chi connectivity index (χ2n) is 4.22. The molecule has 1 aliphatic heterocycles. The number of methoxy groups -OCH3 is 1. The van der Waals surface area contributed by atoms with E-state index in [-0.39, 0.29) is 22.9 Å². The number of oxime groups is 1. The second-order valence-corrected chi connectivity index (χ2v) is 4.62. The van der Waals surface area contributed by atoms with E-state index in [1.54, 1.807) is 13.2 Å². The van der Waals surface area contributed by atoms with Crippen LogP contribution in [0.1, 0.15) is 12.0 Å². The lowest BCUT2D eigenvalue weighted by Crippen LogP contribution is -2.36. The van der Waals surface area contributed by atoms with Gasteiger partial charge in [0.25, 0.3) is 5.91 Å². The topological polar surface area (TPSA) is 59.9 Å². The largest absolute Gasteiger partial charge is 0.383 e. The van der Waals surface area contributed by atoms with Gasteiger partial charge in [-0.2, -0.15) is 0 Å². The molecular weight excluding hydrogens is 287 g/mol. The average molecular weight is 301 g/mol. The van der Waals surface area contributed by atoms with Crippen molar-refractivity contribution in [1.29, 1.82) is 0 Å². The van der Waals surface area contributed by atoms with Crippen LogP contribution in [-0.4, -0.2) is 38.0 Å². The number of carbonyl (C=O) groups is 1. The molecule has 5 nitrogen and oxygen atoms in total. The van der Waals surface area contributed by atoms with Gasteiger partial charge in [-0.1, -0.05) is 22.8 Å². The first-order valence-electron chi connectivity index (χ1n) is 6.07. The van der Waals surface area contributed by atoms with Crippen LogP contribution < -0.4 is 5.32 Å². The van der Waals surface area contributed by atoms with Gasteiger partial charge in [0, 0.05) is 20.1 Å². The molecule has 1 aromatic rings. The smallest absolute Gasteiger partial charge is 0.264 e. The molecule has 1 aliphatic rings. The zero-order valence-corrected chi connectivity index (χ0v) is 11.6. The van der Waals surface area contributed by atoms with E-state index in [0.29, 0.717) is 18.9 Å². The number of rotatable bonds is 5. The highest BCUT2D eigenvalue weighted by Gasteiger charge is 2.30. The van der Waals surface area contributed by atoms with Gasteiger partial charge >= 0.3 is 0 Å². The van der Waals surface area contributed by atoms with Gasteiger partial charge in [-0.25, -0.2) is 4.39 Å². The highest BCUT2D eigenvalue weighted by molar-refractivity contribution is 6.34. The van der Waals surface area contributed by atoms with Crippen LogP contribution in [0.15, 0.2) is 23.4 Å². The number of halogens is 2. The second kappa shape index (κ2) is 6.67. The fraction of sp³-hybridized carbons (Fsp3) is 0.385. The third-order valence-corrected chi connectivity index (χ3v) is 3.13. The zero-order chi connectivity index (χ0) is 14.5. The van der Waals surface area contributed by atoms with Gasteiger partial charge in [0.2, 0.25) is 6.10 Å². The Morgan fingerprint density at radius 1 is 1.65 bits per heavy atom. The summed E-state index contributed by atoms with van der Waals surface area (Å²) in [4.78, 5) is 16.8. The first-order chi connectivity index (χ1) is 9.63. The quantitative estimate of drug-likeness (QED) is 0.843. The summed E-state index contributed by atoms with van der Waals surface area (Å²) in [7, 11) is 1.54. The van der Waals surface area contributed by atoms with Crippen LogP contribution in [-0.2, 0) is 14.4 Å². The minimum atomic E-state index is -0.766. The van der Waals surface area contributed by atoms with Crippen molar-refractivity contribution in [2.45, 2.75) is 12.5 Å². The molecule has 0 bridgehead atoms. The Balaban J connectivity index is 2.00. The number of nitrogens with zero attached hydrogens (tertiary/aromatic N) is 1. The van der Waals surface area contributed by atoms with Gasteiger partial charge in [0.05, 0.1) is 22.9 Å². The minimum absolute atomic E-state index is 0.180. The Morgan fingerprint density at radius 3 is 3.15 bits per heavy atom.